The Labute approximate surface area is 121 Å². The van der Waals surface area contributed by atoms with Crippen LogP contribution in [0.5, 0.6) is 0 Å². The van der Waals surface area contributed by atoms with Gasteiger partial charge in [-0.05, 0) is 12.1 Å². The molecule has 0 aliphatic heterocycles. The molecule has 102 valence electrons. The second-order valence-corrected chi connectivity index (χ2v) is 7.33. The Morgan fingerprint density at radius 2 is 2.11 bits per heavy atom. The number of hydrogen-bond donors (Lipinski definition) is 0. The van der Waals surface area contributed by atoms with Crippen molar-refractivity contribution in [3.05, 3.63) is 45.9 Å². The summed E-state index contributed by atoms with van der Waals surface area (Å²) < 4.78 is 26.0. The second-order valence-electron chi connectivity index (χ2n) is 3.93. The van der Waals surface area contributed by atoms with Crippen LogP contribution in [0.25, 0.3) is 0 Å². The molecule has 0 atom stereocenters. The molecule has 0 radical (unpaired) electrons. The van der Waals surface area contributed by atoms with Gasteiger partial charge in [-0.15, -0.1) is 11.3 Å². The molecule has 0 saturated heterocycles. The molecule has 0 aliphatic rings. The molecule has 0 amide bonds. The highest BCUT2D eigenvalue weighted by Crippen LogP contribution is 2.23. The van der Waals surface area contributed by atoms with Crippen molar-refractivity contribution in [3.63, 3.8) is 0 Å². The maximum absolute atomic E-state index is 12.3. The maximum atomic E-state index is 12.3. The normalized spacial score (nSPS) is 11.9. The Hall–Kier alpha value is -0.950. The van der Waals surface area contributed by atoms with Gasteiger partial charge in [-0.2, -0.15) is 0 Å². The number of aromatic nitrogens is 1. The quantitative estimate of drug-likeness (QED) is 0.852. The van der Waals surface area contributed by atoms with Gasteiger partial charge < -0.3 is 0 Å². The summed E-state index contributed by atoms with van der Waals surface area (Å²) in [5, 5.41) is 3.03. The molecule has 0 spiro atoms. The number of benzene rings is 1. The first-order valence-electron chi connectivity index (χ1n) is 5.61. The highest BCUT2D eigenvalue weighted by Gasteiger charge is 2.22. The van der Waals surface area contributed by atoms with Gasteiger partial charge in [0.25, 0.3) is 0 Å². The third-order valence-corrected chi connectivity index (χ3v) is 5.84. The summed E-state index contributed by atoms with van der Waals surface area (Å²) in [5.74, 6) is 0. The molecule has 0 bridgehead atoms. The summed E-state index contributed by atoms with van der Waals surface area (Å²) in [5.41, 5.74) is 0. The number of thiazole rings is 1. The predicted octanol–water partition coefficient (Wildman–Crippen LogP) is 2.66. The standard InChI is InChI=1S/C12H13ClN2O2S2/c1-15(8-6-12-14-7-9-18-12)19(16,17)11-5-3-2-4-10(11)13/h2-5,7,9H,6,8H2,1H3. The van der Waals surface area contributed by atoms with E-state index >= 15 is 0 Å². The lowest BCUT2D eigenvalue weighted by molar-refractivity contribution is 0.472. The van der Waals surface area contributed by atoms with Gasteiger partial charge in [0.2, 0.25) is 10.0 Å². The molecular weight excluding hydrogens is 304 g/mol. The Morgan fingerprint density at radius 3 is 2.74 bits per heavy atom. The van der Waals surface area contributed by atoms with E-state index in [0.717, 1.165) is 5.01 Å². The van der Waals surface area contributed by atoms with Crippen LogP contribution >= 0.6 is 22.9 Å². The van der Waals surface area contributed by atoms with Crippen LogP contribution in [0.4, 0.5) is 0 Å². The summed E-state index contributed by atoms with van der Waals surface area (Å²) in [4.78, 5) is 4.27. The molecule has 0 saturated carbocycles. The third kappa shape index (κ3) is 3.33. The van der Waals surface area contributed by atoms with Crippen molar-refractivity contribution in [2.75, 3.05) is 13.6 Å². The molecule has 19 heavy (non-hydrogen) atoms. The van der Waals surface area contributed by atoms with Gasteiger partial charge in [0.1, 0.15) is 4.90 Å². The molecule has 1 aromatic carbocycles. The first-order chi connectivity index (χ1) is 9.01. The predicted molar refractivity (Wildman–Crippen MR) is 77.1 cm³/mol. The molecule has 1 aromatic heterocycles. The SMILES string of the molecule is CN(CCc1nccs1)S(=O)(=O)c1ccccc1Cl. The smallest absolute Gasteiger partial charge is 0.244 e. The Morgan fingerprint density at radius 1 is 1.37 bits per heavy atom. The number of nitrogens with zero attached hydrogens (tertiary/aromatic N) is 2. The summed E-state index contributed by atoms with van der Waals surface area (Å²) in [7, 11) is -2.00. The van der Waals surface area contributed by atoms with Gasteiger partial charge in [0, 0.05) is 31.6 Å². The van der Waals surface area contributed by atoms with E-state index in [1.807, 2.05) is 5.38 Å². The van der Waals surface area contributed by atoms with Crippen LogP contribution in [0, 0.1) is 0 Å². The maximum Gasteiger partial charge on any atom is 0.244 e. The van der Waals surface area contributed by atoms with E-state index in [-0.39, 0.29) is 9.92 Å². The zero-order valence-electron chi connectivity index (χ0n) is 10.3. The highest BCUT2D eigenvalue weighted by molar-refractivity contribution is 7.89. The van der Waals surface area contributed by atoms with E-state index in [1.165, 1.54) is 21.7 Å². The number of likely N-dealkylation sites (N-methyl/N-ethyl adjacent to an activating group) is 1. The summed E-state index contributed by atoms with van der Waals surface area (Å²) in [6.45, 7) is 0.376. The number of halogens is 1. The minimum absolute atomic E-state index is 0.137. The van der Waals surface area contributed by atoms with E-state index in [1.54, 1.807) is 31.4 Å². The minimum Gasteiger partial charge on any atom is -0.250 e. The topological polar surface area (TPSA) is 50.3 Å². The van der Waals surface area contributed by atoms with E-state index in [9.17, 15) is 8.42 Å². The lowest BCUT2D eigenvalue weighted by Crippen LogP contribution is -2.29. The lowest BCUT2D eigenvalue weighted by atomic mass is 10.4. The zero-order valence-corrected chi connectivity index (χ0v) is 12.7. The van der Waals surface area contributed by atoms with Crippen molar-refractivity contribution in [1.29, 1.82) is 0 Å². The molecule has 2 aromatic rings. The zero-order chi connectivity index (χ0) is 13.9. The van der Waals surface area contributed by atoms with Crippen molar-refractivity contribution in [2.45, 2.75) is 11.3 Å². The van der Waals surface area contributed by atoms with Gasteiger partial charge in [-0.3, -0.25) is 0 Å². The molecule has 0 fully saturated rings. The van der Waals surface area contributed by atoms with Crippen LogP contribution in [0.15, 0.2) is 40.7 Å². The molecule has 0 aliphatic carbocycles. The van der Waals surface area contributed by atoms with Gasteiger partial charge in [0.05, 0.1) is 10.0 Å². The molecular formula is C12H13ClN2O2S2. The third-order valence-electron chi connectivity index (χ3n) is 2.65. The van der Waals surface area contributed by atoms with Gasteiger partial charge in [-0.25, -0.2) is 17.7 Å². The summed E-state index contributed by atoms with van der Waals surface area (Å²) >= 11 is 7.45. The van der Waals surface area contributed by atoms with Gasteiger partial charge >= 0.3 is 0 Å². The average Bonchev–Trinajstić information content (AvgIpc) is 2.89. The average molecular weight is 317 g/mol. The fourth-order valence-corrected chi connectivity index (χ4v) is 3.84. The first-order valence-corrected chi connectivity index (χ1v) is 8.31. The van der Waals surface area contributed by atoms with Gasteiger partial charge in [0.15, 0.2) is 0 Å². The largest absolute Gasteiger partial charge is 0.250 e. The monoisotopic (exact) mass is 316 g/mol. The summed E-state index contributed by atoms with van der Waals surface area (Å²) in [6.07, 6.45) is 2.31. The minimum atomic E-state index is -3.54. The molecule has 4 nitrogen and oxygen atoms in total. The molecule has 1 heterocycles. The van der Waals surface area contributed by atoms with Crippen LogP contribution in [0.1, 0.15) is 5.01 Å². The van der Waals surface area contributed by atoms with Crippen LogP contribution in [-0.2, 0) is 16.4 Å². The van der Waals surface area contributed by atoms with Crippen molar-refractivity contribution < 1.29 is 8.42 Å². The van der Waals surface area contributed by atoms with E-state index in [4.69, 9.17) is 11.6 Å². The summed E-state index contributed by atoms with van der Waals surface area (Å²) in [6, 6.07) is 6.45. The lowest BCUT2D eigenvalue weighted by Gasteiger charge is -2.17. The Bertz CT molecular complexity index is 642. The number of hydrogen-bond acceptors (Lipinski definition) is 4. The Balaban J connectivity index is 2.13. The van der Waals surface area contributed by atoms with Crippen molar-refractivity contribution in [1.82, 2.24) is 9.29 Å². The Kier molecular flexibility index (Phi) is 4.57. The van der Waals surface area contributed by atoms with E-state index in [2.05, 4.69) is 4.98 Å². The van der Waals surface area contributed by atoms with Crippen molar-refractivity contribution >= 4 is 33.0 Å². The number of sulfonamides is 1. The van der Waals surface area contributed by atoms with Crippen molar-refractivity contribution in [2.24, 2.45) is 0 Å². The highest BCUT2D eigenvalue weighted by atomic mass is 35.5. The molecule has 0 unspecified atom stereocenters. The van der Waals surface area contributed by atoms with Crippen LogP contribution < -0.4 is 0 Å². The van der Waals surface area contributed by atoms with E-state index in [0.29, 0.717) is 13.0 Å². The molecule has 2 rings (SSSR count). The first kappa shape index (κ1) is 14.5. The fraction of sp³-hybridized carbons (Fsp3) is 0.250. The van der Waals surface area contributed by atoms with Crippen LogP contribution in [0.3, 0.4) is 0 Å². The second kappa shape index (κ2) is 6.00. The van der Waals surface area contributed by atoms with Crippen LogP contribution in [0.2, 0.25) is 5.02 Å². The van der Waals surface area contributed by atoms with Gasteiger partial charge in [-0.1, -0.05) is 23.7 Å². The van der Waals surface area contributed by atoms with E-state index < -0.39 is 10.0 Å². The number of rotatable bonds is 5. The molecule has 7 heteroatoms. The fourth-order valence-electron chi connectivity index (χ4n) is 1.57. The van der Waals surface area contributed by atoms with Crippen molar-refractivity contribution in [3.8, 4) is 0 Å². The van der Waals surface area contributed by atoms with Crippen LogP contribution in [-0.4, -0.2) is 31.3 Å². The molecule has 0 N–H and O–H groups in total.